The van der Waals surface area contributed by atoms with E-state index >= 15 is 0 Å². The van der Waals surface area contributed by atoms with Gasteiger partial charge in [-0.1, -0.05) is 0 Å². The highest BCUT2D eigenvalue weighted by Crippen LogP contribution is 2.33. The van der Waals surface area contributed by atoms with Gasteiger partial charge in [0.05, 0.1) is 41.9 Å². The van der Waals surface area contributed by atoms with Gasteiger partial charge in [0.2, 0.25) is 5.91 Å². The zero-order chi connectivity index (χ0) is 18.3. The number of aromatic nitrogens is 4. The Morgan fingerprint density at radius 2 is 2.04 bits per heavy atom. The molecule has 4 heterocycles. The molecule has 26 heavy (non-hydrogen) atoms. The lowest BCUT2D eigenvalue weighted by Crippen LogP contribution is -2.64. The van der Waals surface area contributed by atoms with Crippen molar-refractivity contribution in [3.05, 3.63) is 36.4 Å². The van der Waals surface area contributed by atoms with Gasteiger partial charge in [0.15, 0.2) is 0 Å². The number of carbonyl (C=O) groups is 2. The second-order valence-electron chi connectivity index (χ2n) is 7.04. The summed E-state index contributed by atoms with van der Waals surface area (Å²) in [6.45, 7) is 2.11. The van der Waals surface area contributed by atoms with Crippen molar-refractivity contribution in [2.75, 3.05) is 38.1 Å². The minimum absolute atomic E-state index is 0.0463. The first-order chi connectivity index (χ1) is 12.5. The van der Waals surface area contributed by atoms with Gasteiger partial charge in [-0.15, -0.1) is 0 Å². The molecule has 1 spiro atoms. The van der Waals surface area contributed by atoms with Gasteiger partial charge in [-0.05, 0) is 19.5 Å². The molecule has 9 nitrogen and oxygen atoms in total. The Labute approximate surface area is 151 Å². The molecule has 2 aliphatic rings. The molecule has 0 aromatic carbocycles. The van der Waals surface area contributed by atoms with Crippen molar-refractivity contribution in [2.24, 2.45) is 7.05 Å². The molecule has 9 heteroatoms. The fraction of sp³-hybridized carbons (Fsp3) is 0.471. The molecule has 2 saturated heterocycles. The van der Waals surface area contributed by atoms with Crippen molar-refractivity contribution in [1.82, 2.24) is 29.8 Å². The van der Waals surface area contributed by atoms with E-state index < -0.39 is 0 Å². The predicted molar refractivity (Wildman–Crippen MR) is 93.5 cm³/mol. The molecule has 1 atom stereocenters. The largest absolute Gasteiger partial charge is 0.337 e. The predicted octanol–water partition coefficient (Wildman–Crippen LogP) is -0.227. The average molecular weight is 355 g/mol. The third-order valence-electron chi connectivity index (χ3n) is 5.39. The van der Waals surface area contributed by atoms with E-state index in [1.807, 2.05) is 25.2 Å². The maximum Gasteiger partial charge on any atom is 0.255 e. The van der Waals surface area contributed by atoms with Crippen LogP contribution in [0.25, 0.3) is 0 Å². The van der Waals surface area contributed by atoms with Crippen molar-refractivity contribution < 1.29 is 9.59 Å². The van der Waals surface area contributed by atoms with Crippen LogP contribution in [0.3, 0.4) is 0 Å². The quantitative estimate of drug-likeness (QED) is 0.740. The lowest BCUT2D eigenvalue weighted by atomic mass is 9.93. The molecule has 0 N–H and O–H groups in total. The van der Waals surface area contributed by atoms with Crippen LogP contribution >= 0.6 is 0 Å². The normalized spacial score (nSPS) is 23.8. The second kappa shape index (κ2) is 6.17. The lowest BCUT2D eigenvalue weighted by Gasteiger charge is -2.46. The number of nitrogens with zero attached hydrogens (tertiary/aromatic N) is 7. The van der Waals surface area contributed by atoms with Crippen molar-refractivity contribution >= 4 is 17.5 Å². The number of rotatable bonds is 2. The number of aryl methyl sites for hydroxylation is 1. The molecule has 0 aliphatic carbocycles. The van der Waals surface area contributed by atoms with E-state index in [1.54, 1.807) is 21.8 Å². The Morgan fingerprint density at radius 3 is 2.73 bits per heavy atom. The van der Waals surface area contributed by atoms with Crippen LogP contribution in [-0.2, 0) is 11.8 Å². The summed E-state index contributed by atoms with van der Waals surface area (Å²) >= 11 is 0. The third kappa shape index (κ3) is 2.74. The summed E-state index contributed by atoms with van der Waals surface area (Å²) in [5.74, 6) is 0.00392. The summed E-state index contributed by atoms with van der Waals surface area (Å²) < 4.78 is 1.69. The highest BCUT2D eigenvalue weighted by Gasteiger charge is 2.48. The van der Waals surface area contributed by atoms with Gasteiger partial charge in [0.25, 0.3) is 5.91 Å². The number of likely N-dealkylation sites (N-methyl/N-ethyl adjacent to an activating group) is 1. The van der Waals surface area contributed by atoms with Gasteiger partial charge < -0.3 is 9.80 Å². The summed E-state index contributed by atoms with van der Waals surface area (Å²) in [5, 5.41) is 11.7. The van der Waals surface area contributed by atoms with Crippen molar-refractivity contribution in [2.45, 2.75) is 12.0 Å². The smallest absolute Gasteiger partial charge is 0.255 e. The van der Waals surface area contributed by atoms with Crippen LogP contribution in [0.5, 0.6) is 0 Å². The highest BCUT2D eigenvalue weighted by atomic mass is 16.2. The van der Waals surface area contributed by atoms with Crippen LogP contribution in [0.2, 0.25) is 0 Å². The molecule has 4 rings (SSSR count). The monoisotopic (exact) mass is 355 g/mol. The Hall–Kier alpha value is -2.81. The molecule has 2 aromatic rings. The maximum absolute atomic E-state index is 12.7. The van der Waals surface area contributed by atoms with Crippen LogP contribution in [0.15, 0.2) is 30.9 Å². The molecular weight excluding hydrogens is 334 g/mol. The van der Waals surface area contributed by atoms with Crippen molar-refractivity contribution in [3.8, 4) is 0 Å². The molecule has 0 saturated carbocycles. The number of hydrogen-bond acceptors (Lipinski definition) is 6. The topological polar surface area (TPSA) is 87.5 Å². The Morgan fingerprint density at radius 1 is 1.19 bits per heavy atom. The molecule has 1 unspecified atom stereocenters. The summed E-state index contributed by atoms with van der Waals surface area (Å²) in [4.78, 5) is 31.0. The van der Waals surface area contributed by atoms with E-state index in [-0.39, 0.29) is 17.4 Å². The second-order valence-corrected chi connectivity index (χ2v) is 7.04. The Balaban J connectivity index is 1.56. The number of hydrogen-bond donors (Lipinski definition) is 0. The van der Waals surface area contributed by atoms with Crippen LogP contribution in [0.1, 0.15) is 16.8 Å². The standard InChI is InChI=1S/C17H21N7O2/c1-21-10-15(25)24(14-8-20-22(2)9-14)12-17(21)4-6-23(11-17)16(26)13-3-5-18-19-7-13/h3,5,7-9H,4,6,10-12H2,1-2H3. The molecule has 2 amide bonds. The number of amides is 2. The van der Waals surface area contributed by atoms with E-state index in [1.165, 1.54) is 12.4 Å². The van der Waals surface area contributed by atoms with E-state index in [9.17, 15) is 9.59 Å². The zero-order valence-electron chi connectivity index (χ0n) is 14.9. The number of anilines is 1. The van der Waals surface area contributed by atoms with Gasteiger partial charge in [-0.25, -0.2) is 0 Å². The Kier molecular flexibility index (Phi) is 3.95. The average Bonchev–Trinajstić information content (AvgIpc) is 3.26. The van der Waals surface area contributed by atoms with Gasteiger partial charge in [0.1, 0.15) is 0 Å². The van der Waals surface area contributed by atoms with Crippen molar-refractivity contribution in [1.29, 1.82) is 0 Å². The van der Waals surface area contributed by atoms with Gasteiger partial charge in [0, 0.05) is 32.9 Å². The zero-order valence-corrected chi connectivity index (χ0v) is 14.9. The van der Waals surface area contributed by atoms with Crippen LogP contribution in [-0.4, -0.2) is 80.4 Å². The van der Waals surface area contributed by atoms with E-state index in [4.69, 9.17) is 0 Å². The van der Waals surface area contributed by atoms with E-state index in [0.29, 0.717) is 31.7 Å². The number of likely N-dealkylation sites (tertiary alicyclic amines) is 1. The SMILES string of the molecule is CN1CC(=O)N(c2cnn(C)c2)CC12CCN(C(=O)c1ccnnc1)C2. The fourth-order valence-corrected chi connectivity index (χ4v) is 3.81. The summed E-state index contributed by atoms with van der Waals surface area (Å²) in [7, 11) is 3.79. The summed E-state index contributed by atoms with van der Waals surface area (Å²) in [6.07, 6.45) is 7.38. The Bertz CT molecular complexity index is 837. The van der Waals surface area contributed by atoms with Crippen LogP contribution in [0, 0.1) is 0 Å². The van der Waals surface area contributed by atoms with Crippen LogP contribution in [0.4, 0.5) is 5.69 Å². The van der Waals surface area contributed by atoms with Gasteiger partial charge in [-0.2, -0.15) is 15.3 Å². The molecule has 0 radical (unpaired) electrons. The first kappa shape index (κ1) is 16.6. The molecule has 0 bridgehead atoms. The minimum Gasteiger partial charge on any atom is -0.337 e. The van der Waals surface area contributed by atoms with E-state index in [0.717, 1.165) is 12.1 Å². The third-order valence-corrected chi connectivity index (χ3v) is 5.39. The minimum atomic E-state index is -0.250. The molecule has 2 aromatic heterocycles. The first-order valence-electron chi connectivity index (χ1n) is 8.55. The summed E-state index contributed by atoms with van der Waals surface area (Å²) in [6, 6.07) is 1.68. The molecule has 136 valence electrons. The fourth-order valence-electron chi connectivity index (χ4n) is 3.81. The van der Waals surface area contributed by atoms with Gasteiger partial charge >= 0.3 is 0 Å². The van der Waals surface area contributed by atoms with Gasteiger partial charge in [-0.3, -0.25) is 19.2 Å². The molecule has 2 fully saturated rings. The lowest BCUT2D eigenvalue weighted by molar-refractivity contribution is -0.123. The number of carbonyl (C=O) groups excluding carboxylic acids is 2. The molecule has 2 aliphatic heterocycles. The van der Waals surface area contributed by atoms with Crippen LogP contribution < -0.4 is 4.90 Å². The molecular formula is C17H21N7O2. The first-order valence-corrected chi connectivity index (χ1v) is 8.55. The highest BCUT2D eigenvalue weighted by molar-refractivity contribution is 5.96. The van der Waals surface area contributed by atoms with Crippen molar-refractivity contribution in [3.63, 3.8) is 0 Å². The maximum atomic E-state index is 12.7. The van der Waals surface area contributed by atoms with E-state index in [2.05, 4.69) is 20.2 Å². The summed E-state index contributed by atoms with van der Waals surface area (Å²) in [5.41, 5.74) is 1.09. The number of piperazine rings is 1.